The smallest absolute Gasteiger partial charge is 0.173 e. The molecule has 0 atom stereocenters. The monoisotopic (exact) mass is 277 g/mol. The summed E-state index contributed by atoms with van der Waals surface area (Å²) in [5, 5.41) is 12.7. The van der Waals surface area contributed by atoms with Crippen molar-refractivity contribution in [2.75, 3.05) is 0 Å². The van der Waals surface area contributed by atoms with Gasteiger partial charge >= 0.3 is 0 Å². The van der Waals surface area contributed by atoms with Gasteiger partial charge in [-0.25, -0.2) is 4.98 Å². The lowest BCUT2D eigenvalue weighted by atomic mass is 10.1. The maximum Gasteiger partial charge on any atom is 0.173 e. The van der Waals surface area contributed by atoms with Gasteiger partial charge in [-0.1, -0.05) is 16.9 Å². The van der Waals surface area contributed by atoms with Crippen LogP contribution in [-0.4, -0.2) is 16.0 Å². The predicted octanol–water partition coefficient (Wildman–Crippen LogP) is 2.85. The van der Waals surface area contributed by atoms with E-state index in [0.29, 0.717) is 10.6 Å². The zero-order valence-electron chi connectivity index (χ0n) is 11.0. The Balaban J connectivity index is 2.52. The molecule has 0 saturated heterocycles. The van der Waals surface area contributed by atoms with Crippen LogP contribution < -0.4 is 5.73 Å². The maximum absolute atomic E-state index is 8.89. The van der Waals surface area contributed by atoms with E-state index in [-0.39, 0.29) is 5.84 Å². The topological polar surface area (TPSA) is 84.6 Å². The lowest BCUT2D eigenvalue weighted by Crippen LogP contribution is -2.17. The van der Waals surface area contributed by atoms with Gasteiger partial charge in [0.1, 0.15) is 10.8 Å². The third kappa shape index (κ3) is 2.73. The number of oxime groups is 1. The minimum Gasteiger partial charge on any atom is -0.468 e. The molecule has 0 unspecified atom stereocenters. The van der Waals surface area contributed by atoms with Crippen LogP contribution in [0.1, 0.15) is 22.6 Å². The van der Waals surface area contributed by atoms with Gasteiger partial charge in [0.2, 0.25) is 0 Å². The lowest BCUT2D eigenvalue weighted by Gasteiger charge is -2.11. The first-order valence-corrected chi connectivity index (χ1v) is 6.52. The molecule has 0 amide bonds. The molecular weight excluding hydrogens is 262 g/mol. The summed E-state index contributed by atoms with van der Waals surface area (Å²) in [6.45, 7) is 5.71. The number of aromatic nitrogens is 1. The van der Waals surface area contributed by atoms with E-state index in [9.17, 15) is 0 Å². The molecule has 2 heterocycles. The van der Waals surface area contributed by atoms with Crippen molar-refractivity contribution in [3.8, 4) is 0 Å². The molecule has 2 aromatic heterocycles. The van der Waals surface area contributed by atoms with E-state index >= 15 is 0 Å². The van der Waals surface area contributed by atoms with Crippen LogP contribution >= 0.6 is 11.8 Å². The molecule has 0 bridgehead atoms. The molecule has 2 aromatic rings. The summed E-state index contributed by atoms with van der Waals surface area (Å²) in [5.41, 5.74) is 8.20. The number of hydrogen-bond acceptors (Lipinski definition) is 5. The van der Waals surface area contributed by atoms with Gasteiger partial charge < -0.3 is 15.4 Å². The van der Waals surface area contributed by atoms with Crippen LogP contribution in [0.3, 0.4) is 0 Å². The third-order valence-corrected chi connectivity index (χ3v) is 3.83. The van der Waals surface area contributed by atoms with Gasteiger partial charge in [-0.3, -0.25) is 0 Å². The summed E-state index contributed by atoms with van der Waals surface area (Å²) >= 11 is 1.44. The van der Waals surface area contributed by atoms with Gasteiger partial charge in [0.05, 0.1) is 16.7 Å². The van der Waals surface area contributed by atoms with Crippen molar-refractivity contribution in [1.29, 1.82) is 0 Å². The molecular formula is C13H15N3O2S. The number of pyridine rings is 1. The number of nitrogens with zero attached hydrogens (tertiary/aromatic N) is 2. The van der Waals surface area contributed by atoms with E-state index in [1.54, 1.807) is 6.26 Å². The summed E-state index contributed by atoms with van der Waals surface area (Å²) in [6, 6.07) is 3.77. The summed E-state index contributed by atoms with van der Waals surface area (Å²) in [6.07, 6.45) is 1.63. The predicted molar refractivity (Wildman–Crippen MR) is 73.8 cm³/mol. The fourth-order valence-corrected chi connectivity index (χ4v) is 2.90. The minimum atomic E-state index is 0.0636. The Morgan fingerprint density at radius 3 is 2.74 bits per heavy atom. The van der Waals surface area contributed by atoms with Crippen LogP contribution in [-0.2, 0) is 0 Å². The Bertz CT molecular complexity index is 635. The lowest BCUT2D eigenvalue weighted by molar-refractivity contribution is 0.318. The number of nitrogens with two attached hydrogens (primary N) is 1. The number of amidine groups is 1. The molecule has 0 aliphatic rings. The van der Waals surface area contributed by atoms with Crippen LogP contribution in [0.25, 0.3) is 0 Å². The van der Waals surface area contributed by atoms with E-state index in [4.69, 9.17) is 15.4 Å². The van der Waals surface area contributed by atoms with E-state index < -0.39 is 0 Å². The van der Waals surface area contributed by atoms with Gasteiger partial charge in [-0.05, 0) is 38.5 Å². The standard InChI is InChI=1S/C13H15N3O2S/c1-7-6-8(2)15-13(11(7)12(14)16-17)19-10-4-5-18-9(10)3/h4-6,17H,1-3H3,(H2,14,16). The third-order valence-electron chi connectivity index (χ3n) is 2.69. The molecule has 2 rings (SSSR count). The van der Waals surface area contributed by atoms with Crippen molar-refractivity contribution in [1.82, 2.24) is 4.98 Å². The summed E-state index contributed by atoms with van der Waals surface area (Å²) in [5.74, 6) is 0.880. The number of hydrogen-bond donors (Lipinski definition) is 2. The van der Waals surface area contributed by atoms with Crippen LogP contribution in [0, 0.1) is 20.8 Å². The highest BCUT2D eigenvalue weighted by Crippen LogP contribution is 2.33. The minimum absolute atomic E-state index is 0.0636. The van der Waals surface area contributed by atoms with E-state index in [1.807, 2.05) is 32.9 Å². The average molecular weight is 277 g/mol. The number of aryl methyl sites for hydroxylation is 3. The highest BCUT2D eigenvalue weighted by Gasteiger charge is 2.16. The Labute approximate surface area is 115 Å². The quantitative estimate of drug-likeness (QED) is 0.390. The molecule has 3 N–H and O–H groups in total. The fraction of sp³-hybridized carbons (Fsp3) is 0.231. The Hall–Kier alpha value is -1.95. The van der Waals surface area contributed by atoms with Crippen molar-refractivity contribution in [3.63, 3.8) is 0 Å². The van der Waals surface area contributed by atoms with Gasteiger partial charge in [0, 0.05) is 5.69 Å². The molecule has 0 aliphatic heterocycles. The van der Waals surface area contributed by atoms with Crippen LogP contribution in [0.4, 0.5) is 0 Å². The first-order chi connectivity index (χ1) is 9.02. The van der Waals surface area contributed by atoms with Gasteiger partial charge in [0.25, 0.3) is 0 Å². The van der Waals surface area contributed by atoms with Crippen molar-refractivity contribution < 1.29 is 9.62 Å². The van der Waals surface area contributed by atoms with Crippen molar-refractivity contribution >= 4 is 17.6 Å². The number of rotatable bonds is 3. The fourth-order valence-electron chi connectivity index (χ4n) is 1.82. The second-order valence-electron chi connectivity index (χ2n) is 4.19. The highest BCUT2D eigenvalue weighted by molar-refractivity contribution is 7.99. The molecule has 0 saturated carbocycles. The second-order valence-corrected chi connectivity index (χ2v) is 5.22. The zero-order chi connectivity index (χ0) is 14.0. The first kappa shape index (κ1) is 13.5. The normalized spacial score (nSPS) is 11.8. The van der Waals surface area contributed by atoms with E-state index in [2.05, 4.69) is 10.1 Å². The summed E-state index contributed by atoms with van der Waals surface area (Å²) in [4.78, 5) is 5.43. The van der Waals surface area contributed by atoms with Gasteiger partial charge in [-0.15, -0.1) is 0 Å². The molecule has 0 aromatic carbocycles. The highest BCUT2D eigenvalue weighted by atomic mass is 32.2. The van der Waals surface area contributed by atoms with E-state index in [0.717, 1.165) is 21.9 Å². The van der Waals surface area contributed by atoms with Crippen LogP contribution in [0.15, 0.2) is 37.9 Å². The first-order valence-electron chi connectivity index (χ1n) is 5.71. The molecule has 5 nitrogen and oxygen atoms in total. The van der Waals surface area contributed by atoms with Crippen molar-refractivity contribution in [2.24, 2.45) is 10.9 Å². The van der Waals surface area contributed by atoms with Crippen molar-refractivity contribution in [2.45, 2.75) is 30.7 Å². The van der Waals surface area contributed by atoms with Gasteiger partial charge in [0.15, 0.2) is 5.84 Å². The zero-order valence-corrected chi connectivity index (χ0v) is 11.8. The Morgan fingerprint density at radius 2 is 2.16 bits per heavy atom. The Morgan fingerprint density at radius 1 is 1.42 bits per heavy atom. The summed E-state index contributed by atoms with van der Waals surface area (Å²) < 4.78 is 5.26. The molecule has 0 aliphatic carbocycles. The molecule has 0 spiro atoms. The molecule has 0 radical (unpaired) electrons. The SMILES string of the molecule is Cc1cc(C)c(/C(N)=N/O)c(Sc2ccoc2C)n1. The summed E-state index contributed by atoms with van der Waals surface area (Å²) in [7, 11) is 0. The van der Waals surface area contributed by atoms with Crippen LogP contribution in [0.2, 0.25) is 0 Å². The van der Waals surface area contributed by atoms with Crippen LogP contribution in [0.5, 0.6) is 0 Å². The van der Waals surface area contributed by atoms with E-state index in [1.165, 1.54) is 11.8 Å². The maximum atomic E-state index is 8.89. The molecule has 19 heavy (non-hydrogen) atoms. The molecule has 100 valence electrons. The van der Waals surface area contributed by atoms with Crippen molar-refractivity contribution in [3.05, 3.63) is 41.0 Å². The average Bonchev–Trinajstić information content (AvgIpc) is 2.73. The molecule has 0 fully saturated rings. The number of furan rings is 1. The molecule has 6 heteroatoms. The van der Waals surface area contributed by atoms with Gasteiger partial charge in [-0.2, -0.15) is 0 Å². The largest absolute Gasteiger partial charge is 0.468 e. The Kier molecular flexibility index (Phi) is 3.80. The second kappa shape index (κ2) is 5.36.